The van der Waals surface area contributed by atoms with Crippen molar-refractivity contribution in [2.45, 2.75) is 24.5 Å². The smallest absolute Gasteiger partial charge is 0.387 e. The third kappa shape index (κ3) is 7.68. The van der Waals surface area contributed by atoms with Crippen LogP contribution in [0.5, 0.6) is 0 Å². The number of hydrogen-bond donors (Lipinski definition) is 4. The van der Waals surface area contributed by atoms with Gasteiger partial charge >= 0.3 is 12.4 Å². The van der Waals surface area contributed by atoms with E-state index >= 15 is 0 Å². The number of dihydropyridines is 1. The number of nitrogens with zero attached hydrogens (tertiary/aromatic N) is 2. The van der Waals surface area contributed by atoms with Gasteiger partial charge in [-0.3, -0.25) is 4.98 Å². The average Bonchev–Trinajstić information content (AvgIpc) is 2.94. The van der Waals surface area contributed by atoms with Gasteiger partial charge in [0.15, 0.2) is 0 Å². The van der Waals surface area contributed by atoms with Gasteiger partial charge in [-0.1, -0.05) is 30.4 Å². The van der Waals surface area contributed by atoms with Crippen LogP contribution in [0.25, 0.3) is 11.3 Å². The summed E-state index contributed by atoms with van der Waals surface area (Å²) in [4.78, 5) is 8.00. The Balaban J connectivity index is 1.41. The highest BCUT2D eigenvalue weighted by Crippen LogP contribution is 2.34. The summed E-state index contributed by atoms with van der Waals surface area (Å²) in [5, 5.41) is 20.4. The van der Waals surface area contributed by atoms with E-state index in [1.165, 1.54) is 6.07 Å². The largest absolute Gasteiger partial charge is 0.433 e. The molecular formula is C28H27F6N5O. The molecule has 4 rings (SSSR count). The second kappa shape index (κ2) is 12.6. The number of aromatic nitrogens is 2. The lowest BCUT2D eigenvalue weighted by atomic mass is 10.0. The van der Waals surface area contributed by atoms with Gasteiger partial charge in [-0.15, -0.1) is 0 Å². The number of pyridine rings is 2. The molecular weight excluding hydrogens is 536 g/mol. The van der Waals surface area contributed by atoms with Crippen molar-refractivity contribution in [3.63, 3.8) is 0 Å². The molecule has 12 heteroatoms. The summed E-state index contributed by atoms with van der Waals surface area (Å²) in [6.07, 6.45) is -3.15. The monoisotopic (exact) mass is 563 g/mol. The van der Waals surface area contributed by atoms with E-state index in [0.717, 1.165) is 41.7 Å². The topological polar surface area (TPSA) is 82.1 Å². The van der Waals surface area contributed by atoms with E-state index < -0.39 is 29.7 Å². The number of alkyl halides is 6. The molecule has 0 radical (unpaired) electrons. The number of benzene rings is 1. The van der Waals surface area contributed by atoms with Crippen LogP contribution in [0.4, 0.5) is 26.3 Å². The lowest BCUT2D eigenvalue weighted by molar-refractivity contribution is -0.141. The Morgan fingerprint density at radius 1 is 0.950 bits per heavy atom. The van der Waals surface area contributed by atoms with Crippen molar-refractivity contribution in [3.8, 4) is 11.3 Å². The van der Waals surface area contributed by atoms with Crippen LogP contribution in [0.15, 0.2) is 84.7 Å². The SMILES string of the molecule is OC(CNCCNC(C1=CC=CCN1)c1ccccn1)c1cc(-c2ccc(C(F)(F)F)cc2)nc(C(F)(F)F)c1. The molecule has 2 atom stereocenters. The molecule has 0 spiro atoms. The maximum Gasteiger partial charge on any atom is 0.433 e. The number of aliphatic hydroxyl groups excluding tert-OH is 1. The van der Waals surface area contributed by atoms with E-state index in [9.17, 15) is 31.4 Å². The van der Waals surface area contributed by atoms with Gasteiger partial charge in [-0.2, -0.15) is 26.3 Å². The number of halogens is 6. The van der Waals surface area contributed by atoms with Crippen molar-refractivity contribution in [2.24, 2.45) is 0 Å². The van der Waals surface area contributed by atoms with Gasteiger partial charge in [0.25, 0.3) is 0 Å². The molecule has 0 amide bonds. The van der Waals surface area contributed by atoms with E-state index in [0.29, 0.717) is 19.6 Å². The highest BCUT2D eigenvalue weighted by molar-refractivity contribution is 5.61. The van der Waals surface area contributed by atoms with E-state index in [4.69, 9.17) is 0 Å². The van der Waals surface area contributed by atoms with Gasteiger partial charge < -0.3 is 21.1 Å². The molecule has 0 aliphatic carbocycles. The Morgan fingerprint density at radius 2 is 1.73 bits per heavy atom. The van der Waals surface area contributed by atoms with E-state index in [1.807, 2.05) is 36.4 Å². The minimum absolute atomic E-state index is 0.0609. The van der Waals surface area contributed by atoms with Gasteiger partial charge in [-0.05, 0) is 48.0 Å². The maximum absolute atomic E-state index is 13.5. The Hall–Kier alpha value is -3.74. The molecule has 3 heterocycles. The lowest BCUT2D eigenvalue weighted by Gasteiger charge is -2.24. The zero-order valence-electron chi connectivity index (χ0n) is 21.1. The Morgan fingerprint density at radius 3 is 2.35 bits per heavy atom. The molecule has 0 fully saturated rings. The third-order valence-corrected chi connectivity index (χ3v) is 6.15. The molecule has 1 aliphatic heterocycles. The number of allylic oxidation sites excluding steroid dienone is 2. The minimum atomic E-state index is -4.81. The molecule has 1 aliphatic rings. The van der Waals surface area contributed by atoms with Gasteiger partial charge in [-0.25, -0.2) is 4.98 Å². The summed E-state index contributed by atoms with van der Waals surface area (Å²) >= 11 is 0. The van der Waals surface area contributed by atoms with Crippen LogP contribution in [0.2, 0.25) is 0 Å². The fourth-order valence-corrected chi connectivity index (χ4v) is 4.12. The first-order chi connectivity index (χ1) is 19.0. The van der Waals surface area contributed by atoms with Crippen molar-refractivity contribution in [1.29, 1.82) is 0 Å². The second-order valence-corrected chi connectivity index (χ2v) is 9.04. The Labute approximate surface area is 226 Å². The molecule has 0 saturated carbocycles. The molecule has 3 aromatic rings. The van der Waals surface area contributed by atoms with Crippen LogP contribution in [0.3, 0.4) is 0 Å². The maximum atomic E-state index is 13.5. The Kier molecular flexibility index (Phi) is 9.23. The Bertz CT molecular complexity index is 1320. The summed E-state index contributed by atoms with van der Waals surface area (Å²) in [6.45, 7) is 1.46. The highest BCUT2D eigenvalue weighted by atomic mass is 19.4. The number of rotatable bonds is 10. The van der Waals surface area contributed by atoms with Gasteiger partial charge in [0.2, 0.25) is 0 Å². The minimum Gasteiger partial charge on any atom is -0.387 e. The number of hydrogen-bond acceptors (Lipinski definition) is 6. The average molecular weight is 564 g/mol. The molecule has 4 N–H and O–H groups in total. The van der Waals surface area contributed by atoms with Crippen LogP contribution in [-0.4, -0.2) is 41.3 Å². The zero-order valence-corrected chi connectivity index (χ0v) is 21.1. The van der Waals surface area contributed by atoms with Crippen molar-refractivity contribution >= 4 is 0 Å². The normalized spacial score (nSPS) is 15.3. The van der Waals surface area contributed by atoms with Gasteiger partial charge in [0.1, 0.15) is 5.69 Å². The molecule has 40 heavy (non-hydrogen) atoms. The fraction of sp³-hybridized carbons (Fsp3) is 0.286. The van der Waals surface area contributed by atoms with Crippen molar-refractivity contribution < 1.29 is 31.4 Å². The molecule has 2 aromatic heterocycles. The standard InChI is InChI=1S/C28H27F6N5O/c29-27(30,31)20-9-7-18(8-10-20)23-15-19(16-25(39-23)28(32,33)34)24(40)17-35-13-14-38-26(21-5-1-3-11-36-21)22-6-2-4-12-37-22/h1-11,15-16,24,26,35,37-38,40H,12-14,17H2. The predicted octanol–water partition coefficient (Wildman–Crippen LogP) is 5.18. The summed E-state index contributed by atoms with van der Waals surface area (Å²) < 4.78 is 79.3. The first-order valence-electron chi connectivity index (χ1n) is 12.4. The summed E-state index contributed by atoms with van der Waals surface area (Å²) in [5.41, 5.74) is -0.630. The second-order valence-electron chi connectivity index (χ2n) is 9.04. The summed E-state index contributed by atoms with van der Waals surface area (Å²) in [6, 6.07) is 11.0. The quantitative estimate of drug-likeness (QED) is 0.201. The highest BCUT2D eigenvalue weighted by Gasteiger charge is 2.34. The molecule has 1 aromatic carbocycles. The summed E-state index contributed by atoms with van der Waals surface area (Å²) in [7, 11) is 0. The third-order valence-electron chi connectivity index (χ3n) is 6.15. The van der Waals surface area contributed by atoms with Crippen molar-refractivity contribution in [3.05, 3.63) is 107 Å². The van der Waals surface area contributed by atoms with E-state index in [1.54, 1.807) is 6.20 Å². The van der Waals surface area contributed by atoms with Gasteiger partial charge in [0.05, 0.1) is 29.1 Å². The first-order valence-corrected chi connectivity index (χ1v) is 12.4. The van der Waals surface area contributed by atoms with Crippen LogP contribution < -0.4 is 16.0 Å². The van der Waals surface area contributed by atoms with Crippen LogP contribution in [0.1, 0.15) is 34.7 Å². The van der Waals surface area contributed by atoms with Crippen LogP contribution >= 0.6 is 0 Å². The molecule has 0 bridgehead atoms. The van der Waals surface area contributed by atoms with Crippen LogP contribution in [0, 0.1) is 0 Å². The fourth-order valence-electron chi connectivity index (χ4n) is 4.12. The van der Waals surface area contributed by atoms with Crippen molar-refractivity contribution in [1.82, 2.24) is 25.9 Å². The predicted molar refractivity (Wildman–Crippen MR) is 138 cm³/mol. The van der Waals surface area contributed by atoms with E-state index in [2.05, 4.69) is 25.9 Å². The molecule has 6 nitrogen and oxygen atoms in total. The molecule has 212 valence electrons. The van der Waals surface area contributed by atoms with Gasteiger partial charge in [0, 0.05) is 43.6 Å². The first kappa shape index (κ1) is 29.2. The lowest BCUT2D eigenvalue weighted by Crippen LogP contribution is -2.36. The van der Waals surface area contributed by atoms with Crippen molar-refractivity contribution in [2.75, 3.05) is 26.2 Å². The van der Waals surface area contributed by atoms with E-state index in [-0.39, 0.29) is 29.4 Å². The zero-order chi connectivity index (χ0) is 28.8. The molecule has 2 unspecified atom stereocenters. The summed E-state index contributed by atoms with van der Waals surface area (Å²) in [5.74, 6) is 0. The number of aliphatic hydroxyl groups is 1. The van der Waals surface area contributed by atoms with Crippen LogP contribution in [-0.2, 0) is 12.4 Å². The number of nitrogens with one attached hydrogen (secondary N) is 3. The molecule has 0 saturated heterocycles.